The van der Waals surface area contributed by atoms with E-state index in [0.29, 0.717) is 13.0 Å². The lowest BCUT2D eigenvalue weighted by molar-refractivity contribution is -0.127. The second-order valence-corrected chi connectivity index (χ2v) is 7.96. The van der Waals surface area contributed by atoms with E-state index in [0.717, 1.165) is 34.6 Å². The smallest absolute Gasteiger partial charge is 0.289 e. The summed E-state index contributed by atoms with van der Waals surface area (Å²) in [5, 5.41) is 2.70. The van der Waals surface area contributed by atoms with Crippen LogP contribution in [0.25, 0.3) is 10.9 Å². The molecule has 6 heteroatoms. The van der Waals surface area contributed by atoms with Gasteiger partial charge in [-0.15, -0.1) is 11.3 Å². The van der Waals surface area contributed by atoms with Crippen LogP contribution in [0.1, 0.15) is 16.9 Å². The van der Waals surface area contributed by atoms with Crippen LogP contribution in [0.4, 0.5) is 4.79 Å². The van der Waals surface area contributed by atoms with Crippen LogP contribution in [0.15, 0.2) is 48.0 Å². The van der Waals surface area contributed by atoms with E-state index in [2.05, 4.69) is 11.1 Å². The number of hydrogen-bond donors (Lipinski definition) is 1. The van der Waals surface area contributed by atoms with Crippen molar-refractivity contribution in [2.24, 2.45) is 0 Å². The molecular formula is C18H16N2O2S2. The van der Waals surface area contributed by atoms with Gasteiger partial charge in [0.2, 0.25) is 5.91 Å². The van der Waals surface area contributed by atoms with Gasteiger partial charge >= 0.3 is 0 Å². The van der Waals surface area contributed by atoms with Crippen molar-refractivity contribution in [3.63, 3.8) is 0 Å². The minimum Gasteiger partial charge on any atom is -0.361 e. The van der Waals surface area contributed by atoms with Crippen LogP contribution in [0.2, 0.25) is 0 Å². The van der Waals surface area contributed by atoms with Gasteiger partial charge in [0, 0.05) is 22.0 Å². The van der Waals surface area contributed by atoms with Crippen molar-refractivity contribution in [1.82, 2.24) is 9.88 Å². The molecule has 0 saturated carbocycles. The Morgan fingerprint density at radius 1 is 1.12 bits per heavy atom. The lowest BCUT2D eigenvalue weighted by Gasteiger charge is -2.14. The molecule has 1 saturated heterocycles. The molecule has 1 aliphatic heterocycles. The Bertz CT molecular complexity index is 885. The summed E-state index contributed by atoms with van der Waals surface area (Å²) in [7, 11) is 0. The summed E-state index contributed by atoms with van der Waals surface area (Å²) in [6.45, 7) is 0.343. The van der Waals surface area contributed by atoms with Crippen molar-refractivity contribution < 1.29 is 9.59 Å². The number of rotatable bonds is 5. The quantitative estimate of drug-likeness (QED) is 0.736. The molecule has 4 rings (SSSR count). The van der Waals surface area contributed by atoms with E-state index in [1.807, 2.05) is 41.9 Å². The highest BCUT2D eigenvalue weighted by Gasteiger charge is 2.39. The number of hydrogen-bond acceptors (Lipinski definition) is 4. The number of benzene rings is 1. The summed E-state index contributed by atoms with van der Waals surface area (Å²) in [5.41, 5.74) is 2.02. The summed E-state index contributed by atoms with van der Waals surface area (Å²) < 4.78 is 0. The van der Waals surface area contributed by atoms with Crippen LogP contribution >= 0.6 is 23.1 Å². The number of nitrogens with zero attached hydrogens (tertiary/aromatic N) is 1. The van der Waals surface area contributed by atoms with Gasteiger partial charge in [-0.3, -0.25) is 14.5 Å². The Morgan fingerprint density at radius 2 is 2.04 bits per heavy atom. The number of thiophene rings is 1. The number of thioether (sulfide) groups is 1. The van der Waals surface area contributed by atoms with Gasteiger partial charge in [0.05, 0.1) is 11.8 Å². The molecule has 3 aromatic rings. The zero-order valence-corrected chi connectivity index (χ0v) is 14.5. The fraction of sp³-hybridized carbons (Fsp3) is 0.222. The van der Waals surface area contributed by atoms with Gasteiger partial charge in [-0.05, 0) is 42.0 Å². The van der Waals surface area contributed by atoms with E-state index in [-0.39, 0.29) is 16.4 Å². The van der Waals surface area contributed by atoms with Gasteiger partial charge in [-0.2, -0.15) is 0 Å². The Morgan fingerprint density at radius 3 is 2.88 bits per heavy atom. The summed E-state index contributed by atoms with van der Waals surface area (Å²) in [6, 6.07) is 12.0. The van der Waals surface area contributed by atoms with Crippen LogP contribution in [-0.4, -0.2) is 26.3 Å². The van der Waals surface area contributed by atoms with Crippen LogP contribution in [0.3, 0.4) is 0 Å². The van der Waals surface area contributed by atoms with Gasteiger partial charge in [-0.25, -0.2) is 0 Å². The molecule has 1 atom stereocenters. The number of fused-ring (bicyclic) bond motifs is 1. The zero-order chi connectivity index (χ0) is 16.5. The van der Waals surface area contributed by atoms with E-state index in [1.165, 1.54) is 9.78 Å². The molecule has 0 spiro atoms. The molecule has 1 aliphatic rings. The van der Waals surface area contributed by atoms with Crippen molar-refractivity contribution in [3.8, 4) is 0 Å². The summed E-state index contributed by atoms with van der Waals surface area (Å²) >= 11 is 2.86. The van der Waals surface area contributed by atoms with E-state index in [9.17, 15) is 9.59 Å². The first-order chi connectivity index (χ1) is 11.7. The highest BCUT2D eigenvalue weighted by atomic mass is 32.2. The number of aryl methyl sites for hydroxylation is 1. The van der Waals surface area contributed by atoms with E-state index in [4.69, 9.17) is 0 Å². The second-order valence-electron chi connectivity index (χ2n) is 5.77. The maximum absolute atomic E-state index is 12.6. The van der Waals surface area contributed by atoms with E-state index in [1.54, 1.807) is 11.3 Å². The first-order valence-electron chi connectivity index (χ1n) is 7.82. The summed E-state index contributed by atoms with van der Waals surface area (Å²) in [5.74, 6) is -0.0610. The number of carbonyl (C=O) groups excluding carboxylic acids is 2. The predicted octanol–water partition coefficient (Wildman–Crippen LogP) is 4.43. The third-order valence-electron chi connectivity index (χ3n) is 4.25. The molecule has 1 N–H and O–H groups in total. The van der Waals surface area contributed by atoms with Crippen LogP contribution in [0.5, 0.6) is 0 Å². The molecule has 2 aromatic heterocycles. The van der Waals surface area contributed by atoms with Crippen LogP contribution < -0.4 is 0 Å². The molecule has 24 heavy (non-hydrogen) atoms. The fourth-order valence-corrected chi connectivity index (χ4v) is 4.72. The van der Waals surface area contributed by atoms with Crippen molar-refractivity contribution in [3.05, 3.63) is 58.4 Å². The molecule has 1 aromatic carbocycles. The molecule has 0 bridgehead atoms. The monoisotopic (exact) mass is 356 g/mol. The number of amides is 2. The number of H-pyrrole nitrogens is 1. The molecule has 2 amide bonds. The Balaban J connectivity index is 1.48. The lowest BCUT2D eigenvalue weighted by atomic mass is 10.1. The Labute approximate surface area is 147 Å². The van der Waals surface area contributed by atoms with Crippen LogP contribution in [-0.2, 0) is 17.8 Å². The van der Waals surface area contributed by atoms with Gasteiger partial charge in [-0.1, -0.05) is 30.0 Å². The van der Waals surface area contributed by atoms with Crippen molar-refractivity contribution in [2.45, 2.75) is 24.6 Å². The van der Waals surface area contributed by atoms with Gasteiger partial charge in [0.25, 0.3) is 5.24 Å². The topological polar surface area (TPSA) is 53.2 Å². The van der Waals surface area contributed by atoms with Crippen molar-refractivity contribution >= 4 is 45.1 Å². The number of aromatic nitrogens is 1. The van der Waals surface area contributed by atoms with Gasteiger partial charge < -0.3 is 4.98 Å². The Kier molecular flexibility index (Phi) is 4.16. The lowest BCUT2D eigenvalue weighted by Crippen LogP contribution is -2.31. The number of aromatic amines is 1. The number of nitrogens with one attached hydrogen (secondary N) is 1. The van der Waals surface area contributed by atoms with Gasteiger partial charge in [0.15, 0.2) is 0 Å². The summed E-state index contributed by atoms with van der Waals surface area (Å²) in [6.07, 6.45) is 3.43. The van der Waals surface area contributed by atoms with E-state index < -0.39 is 0 Å². The minimum absolute atomic E-state index is 0.0610. The Hall–Kier alpha value is -2.05. The maximum Gasteiger partial charge on any atom is 0.289 e. The van der Waals surface area contributed by atoms with Crippen LogP contribution in [0, 0.1) is 0 Å². The molecule has 0 radical (unpaired) electrons. The SMILES string of the molecule is O=C1SC(CCc2cccs2)C(=O)N1Cc1cccc2[nH]ccc12. The molecular weight excluding hydrogens is 340 g/mol. The standard InChI is InChI=1S/C18H16N2O2S2/c21-17-16(7-6-13-4-2-10-23-13)24-18(22)20(17)11-12-3-1-5-15-14(12)8-9-19-15/h1-5,8-10,16,19H,6-7,11H2. The maximum atomic E-state index is 12.6. The average Bonchev–Trinajstić information content (AvgIpc) is 3.30. The molecule has 0 aliphatic carbocycles. The molecule has 3 heterocycles. The zero-order valence-electron chi connectivity index (χ0n) is 12.9. The number of carbonyl (C=O) groups is 2. The largest absolute Gasteiger partial charge is 0.361 e. The minimum atomic E-state index is -0.259. The average molecular weight is 356 g/mol. The van der Waals surface area contributed by atoms with Crippen molar-refractivity contribution in [1.29, 1.82) is 0 Å². The first-order valence-corrected chi connectivity index (χ1v) is 9.57. The highest BCUT2D eigenvalue weighted by molar-refractivity contribution is 8.15. The first kappa shape index (κ1) is 15.5. The van der Waals surface area contributed by atoms with Gasteiger partial charge in [0.1, 0.15) is 0 Å². The van der Waals surface area contributed by atoms with Crippen molar-refractivity contribution in [2.75, 3.05) is 0 Å². The predicted molar refractivity (Wildman–Crippen MR) is 98.3 cm³/mol. The number of imide groups is 1. The third-order valence-corrected chi connectivity index (χ3v) is 6.33. The fourth-order valence-electron chi connectivity index (χ4n) is 3.01. The molecule has 122 valence electrons. The van der Waals surface area contributed by atoms with E-state index >= 15 is 0 Å². The third kappa shape index (κ3) is 2.87. The highest BCUT2D eigenvalue weighted by Crippen LogP contribution is 2.32. The molecule has 1 unspecified atom stereocenters. The summed E-state index contributed by atoms with van der Waals surface area (Å²) in [4.78, 5) is 30.7. The second kappa shape index (κ2) is 6.45. The normalized spacial score (nSPS) is 18.0. The molecule has 1 fully saturated rings. The molecule has 4 nitrogen and oxygen atoms in total.